The number of nitrogens with zero attached hydrogens (tertiary/aromatic N) is 8. The highest BCUT2D eigenvalue weighted by atomic mass is 28.3. The van der Waals surface area contributed by atoms with E-state index in [4.69, 9.17) is 28.9 Å². The molecule has 0 aromatic carbocycles. The van der Waals surface area contributed by atoms with Gasteiger partial charge in [-0.2, -0.15) is 0 Å². The summed E-state index contributed by atoms with van der Waals surface area (Å²) in [5, 5.41) is 0. The van der Waals surface area contributed by atoms with Gasteiger partial charge in [0.25, 0.3) is 11.8 Å². The molecule has 1 spiro atoms. The third kappa shape index (κ3) is 13.7. The molecule has 6 rings (SSSR count). The Hall–Kier alpha value is -3.75. The number of ether oxygens (including phenoxy) is 4. The van der Waals surface area contributed by atoms with Crippen molar-refractivity contribution in [1.82, 2.24) is 38.7 Å². The molecule has 65 heavy (non-hydrogen) atoms. The second kappa shape index (κ2) is 20.2. The Bertz CT molecular complexity index is 1830. The molecule has 16 nitrogen and oxygen atoms in total. The molecule has 364 valence electrons. The fraction of sp³-hybridized carbons (Fsp3) is 0.787. The molecule has 4 aliphatic heterocycles. The minimum Gasteiger partial charge on any atom is -0.444 e. The summed E-state index contributed by atoms with van der Waals surface area (Å²) in [7, 11) is -2.62. The van der Waals surface area contributed by atoms with E-state index < -0.39 is 27.3 Å². The number of hydrogen-bond donors (Lipinski definition) is 0. The number of imidazole rings is 2. The first-order chi connectivity index (χ1) is 30.3. The molecular formula is C47H80N8O8Si2. The first-order valence-corrected chi connectivity index (χ1v) is 31.6. The van der Waals surface area contributed by atoms with E-state index in [-0.39, 0.29) is 55.0 Å². The van der Waals surface area contributed by atoms with Crippen molar-refractivity contribution in [3.05, 3.63) is 35.4 Å². The van der Waals surface area contributed by atoms with Gasteiger partial charge in [0.15, 0.2) is 0 Å². The zero-order valence-electron chi connectivity index (χ0n) is 41.8. The van der Waals surface area contributed by atoms with Crippen LogP contribution in [0.25, 0.3) is 0 Å². The molecular weight excluding hydrogens is 861 g/mol. The number of carbonyl (C=O) groups is 4. The van der Waals surface area contributed by atoms with E-state index in [1.807, 2.05) is 60.5 Å². The van der Waals surface area contributed by atoms with E-state index in [0.717, 1.165) is 63.5 Å². The first-order valence-electron chi connectivity index (χ1n) is 24.2. The van der Waals surface area contributed by atoms with Crippen LogP contribution in [0.1, 0.15) is 138 Å². The number of rotatable bonds is 14. The Balaban J connectivity index is 1.10. The van der Waals surface area contributed by atoms with Gasteiger partial charge in [0.05, 0.1) is 12.1 Å². The van der Waals surface area contributed by atoms with Gasteiger partial charge in [-0.3, -0.25) is 19.4 Å². The van der Waals surface area contributed by atoms with Gasteiger partial charge in [0, 0.05) is 81.0 Å². The van der Waals surface area contributed by atoms with Crippen molar-refractivity contribution in [2.75, 3.05) is 52.5 Å². The maximum Gasteiger partial charge on any atom is 0.410 e. The third-order valence-corrected chi connectivity index (χ3v) is 16.5. The Labute approximate surface area is 390 Å². The van der Waals surface area contributed by atoms with E-state index in [2.05, 4.69) is 39.3 Å². The quantitative estimate of drug-likeness (QED) is 0.132. The highest BCUT2D eigenvalue weighted by Gasteiger charge is 2.42. The van der Waals surface area contributed by atoms with Gasteiger partial charge in [0.2, 0.25) is 0 Å². The van der Waals surface area contributed by atoms with Crippen molar-refractivity contribution in [3.63, 3.8) is 0 Å². The van der Waals surface area contributed by atoms with E-state index in [0.29, 0.717) is 75.5 Å². The Morgan fingerprint density at radius 3 is 1.28 bits per heavy atom. The van der Waals surface area contributed by atoms with E-state index in [9.17, 15) is 19.2 Å². The Kier molecular flexibility index (Phi) is 15.8. The lowest BCUT2D eigenvalue weighted by Crippen LogP contribution is -2.49. The summed E-state index contributed by atoms with van der Waals surface area (Å²) in [5.74, 6) is 1.09. The second-order valence-corrected chi connectivity index (χ2v) is 34.6. The minimum atomic E-state index is -1.31. The van der Waals surface area contributed by atoms with Crippen molar-refractivity contribution in [1.29, 1.82) is 0 Å². The van der Waals surface area contributed by atoms with Crippen molar-refractivity contribution < 1.29 is 38.1 Å². The molecule has 2 aromatic rings. The molecule has 2 atom stereocenters. The van der Waals surface area contributed by atoms with Gasteiger partial charge < -0.3 is 37.9 Å². The smallest absolute Gasteiger partial charge is 0.410 e. The topological polar surface area (TPSA) is 154 Å². The van der Waals surface area contributed by atoms with Gasteiger partial charge >= 0.3 is 12.2 Å². The van der Waals surface area contributed by atoms with Crippen LogP contribution in [-0.4, -0.2) is 143 Å². The maximum atomic E-state index is 14.2. The van der Waals surface area contributed by atoms with Crippen molar-refractivity contribution in [2.24, 2.45) is 5.41 Å². The lowest BCUT2D eigenvalue weighted by Gasteiger charge is -2.46. The summed E-state index contributed by atoms with van der Waals surface area (Å²) in [6.45, 7) is 30.4. The van der Waals surface area contributed by atoms with E-state index in [1.165, 1.54) is 0 Å². The minimum absolute atomic E-state index is 0.0343. The van der Waals surface area contributed by atoms with Crippen LogP contribution in [-0.2, 0) is 32.4 Å². The Morgan fingerprint density at radius 2 is 0.954 bits per heavy atom. The number of carbonyl (C=O) groups excluding carboxylic acids is 4. The third-order valence-electron chi connectivity index (χ3n) is 13.1. The average molecular weight is 941 g/mol. The molecule has 4 amide bonds. The zero-order valence-corrected chi connectivity index (χ0v) is 43.8. The lowest BCUT2D eigenvalue weighted by atomic mass is 9.71. The molecule has 2 aromatic heterocycles. The van der Waals surface area contributed by atoms with Crippen LogP contribution < -0.4 is 0 Å². The SMILES string of the molecule is CC(C)(C)OC(=O)N1CCC[C@@H]1c1nc(C(=O)N2CCC3(CC2)CCN(C(=O)c2cn(COCC[Si](C)(C)C)c([C@@H]4CCCN4C(=O)OC(C)(C)C)n2)CC3)cn1COCC[Si](C)(C)C. The fourth-order valence-corrected chi connectivity index (χ4v) is 10.7. The molecule has 4 saturated heterocycles. The normalized spacial score (nSPS) is 20.8. The Morgan fingerprint density at radius 1 is 0.600 bits per heavy atom. The van der Waals surface area contributed by atoms with Crippen molar-refractivity contribution in [2.45, 2.75) is 181 Å². The zero-order chi connectivity index (χ0) is 47.5. The monoisotopic (exact) mass is 941 g/mol. The van der Waals surface area contributed by atoms with Crippen LogP contribution in [0, 0.1) is 5.41 Å². The highest BCUT2D eigenvalue weighted by molar-refractivity contribution is 6.76. The maximum absolute atomic E-state index is 14.2. The van der Waals surface area contributed by atoms with Crippen LogP contribution in [0.2, 0.25) is 51.4 Å². The van der Waals surface area contributed by atoms with Gasteiger partial charge in [-0.1, -0.05) is 39.3 Å². The van der Waals surface area contributed by atoms with E-state index >= 15 is 0 Å². The molecule has 18 heteroatoms. The number of amides is 4. The molecule has 4 fully saturated rings. The average Bonchev–Trinajstić information content (AvgIpc) is 4.02. The van der Waals surface area contributed by atoms with Crippen molar-refractivity contribution in [3.8, 4) is 0 Å². The highest BCUT2D eigenvalue weighted by Crippen LogP contribution is 2.42. The molecule has 0 bridgehead atoms. The number of hydrogen-bond acceptors (Lipinski definition) is 10. The summed E-state index contributed by atoms with van der Waals surface area (Å²) in [6.07, 6.45) is 9.36. The molecule has 0 unspecified atom stereocenters. The fourth-order valence-electron chi connectivity index (χ4n) is 9.23. The van der Waals surface area contributed by atoms with Crippen LogP contribution in [0.15, 0.2) is 12.4 Å². The van der Waals surface area contributed by atoms with Crippen LogP contribution in [0.5, 0.6) is 0 Å². The van der Waals surface area contributed by atoms with Gasteiger partial charge in [0.1, 0.15) is 47.7 Å². The molecule has 0 radical (unpaired) electrons. The standard InChI is InChI=1S/C47H80N8O8Si2/c1-45(2,3)62-43(58)54-21-13-15-37(54)39-48-35(31-52(39)33-60-27-29-64(7,8)9)41(56)50-23-17-47(18-24-50)19-25-51(26-20-47)42(57)36-32-53(34-61-28-30-65(10,11)12)40(49-36)38-16-14-22-55(38)44(59)63-46(4,5)6/h31-32,37-38H,13-30,33-34H2,1-12H3/t37-,38+. The number of likely N-dealkylation sites (tertiary alicyclic amines) is 4. The largest absolute Gasteiger partial charge is 0.444 e. The summed E-state index contributed by atoms with van der Waals surface area (Å²) in [4.78, 5) is 72.2. The van der Waals surface area contributed by atoms with Crippen LogP contribution in [0.4, 0.5) is 9.59 Å². The molecule has 0 aliphatic carbocycles. The lowest BCUT2D eigenvalue weighted by molar-refractivity contribution is 0.0194. The summed E-state index contributed by atoms with van der Waals surface area (Å²) in [6, 6.07) is 1.42. The molecule has 0 N–H and O–H groups in total. The second-order valence-electron chi connectivity index (χ2n) is 23.4. The van der Waals surface area contributed by atoms with Gasteiger partial charge in [-0.05, 0) is 110 Å². The predicted molar refractivity (Wildman–Crippen MR) is 255 cm³/mol. The number of piperidine rings is 2. The predicted octanol–water partition coefficient (Wildman–Crippen LogP) is 9.01. The van der Waals surface area contributed by atoms with E-state index in [1.54, 1.807) is 22.2 Å². The molecule has 0 saturated carbocycles. The van der Waals surface area contributed by atoms with Crippen LogP contribution in [0.3, 0.4) is 0 Å². The first kappa shape index (κ1) is 50.7. The van der Waals surface area contributed by atoms with Gasteiger partial charge in [-0.25, -0.2) is 19.6 Å². The number of aromatic nitrogens is 4. The summed E-state index contributed by atoms with van der Waals surface area (Å²) >= 11 is 0. The summed E-state index contributed by atoms with van der Waals surface area (Å²) < 4.78 is 27.7. The van der Waals surface area contributed by atoms with Crippen LogP contribution >= 0.6 is 0 Å². The van der Waals surface area contributed by atoms with Crippen molar-refractivity contribution >= 4 is 40.1 Å². The summed E-state index contributed by atoms with van der Waals surface area (Å²) in [5.41, 5.74) is -0.482. The molecule has 4 aliphatic rings. The van der Waals surface area contributed by atoms with Gasteiger partial charge in [-0.15, -0.1) is 0 Å². The molecule has 6 heterocycles.